The minimum absolute atomic E-state index is 0.0320. The van der Waals surface area contributed by atoms with Crippen LogP contribution in [-0.4, -0.2) is 71.3 Å². The first-order valence-corrected chi connectivity index (χ1v) is 8.97. The first-order chi connectivity index (χ1) is 10.9. The molecule has 2 saturated heterocycles. The van der Waals surface area contributed by atoms with Gasteiger partial charge in [0.05, 0.1) is 11.8 Å². The number of ether oxygens (including phenoxy) is 1. The van der Waals surface area contributed by atoms with Gasteiger partial charge in [0.2, 0.25) is 5.91 Å². The Morgan fingerprint density at radius 2 is 2.22 bits per heavy atom. The van der Waals surface area contributed by atoms with Crippen molar-refractivity contribution in [1.29, 1.82) is 0 Å². The normalized spacial score (nSPS) is 23.2. The van der Waals surface area contributed by atoms with Crippen molar-refractivity contribution in [3.63, 3.8) is 0 Å². The van der Waals surface area contributed by atoms with Crippen LogP contribution in [0.2, 0.25) is 0 Å². The van der Waals surface area contributed by atoms with Crippen molar-refractivity contribution in [2.75, 3.05) is 39.5 Å². The van der Waals surface area contributed by atoms with Crippen molar-refractivity contribution in [2.45, 2.75) is 37.7 Å². The highest BCUT2D eigenvalue weighted by Crippen LogP contribution is 2.46. The molecule has 128 valence electrons. The molecule has 0 radical (unpaired) electrons. The summed E-state index contributed by atoms with van der Waals surface area (Å²) < 4.78 is 11.3. The van der Waals surface area contributed by atoms with Crippen LogP contribution in [0, 0.1) is 13.8 Å². The number of hydrogen-bond acceptors (Lipinski definition) is 6. The van der Waals surface area contributed by atoms with Crippen molar-refractivity contribution < 1.29 is 14.1 Å². The lowest BCUT2D eigenvalue weighted by molar-refractivity contribution is -0.135. The fraction of sp³-hybridized carbons (Fsp3) is 0.750. The summed E-state index contributed by atoms with van der Waals surface area (Å²) in [6.07, 6.45) is 1.24. The lowest BCUT2D eigenvalue weighted by Gasteiger charge is -2.47. The van der Waals surface area contributed by atoms with E-state index in [1.807, 2.05) is 25.6 Å². The summed E-state index contributed by atoms with van der Waals surface area (Å²) in [5.41, 5.74) is 2.21. The van der Waals surface area contributed by atoms with Crippen molar-refractivity contribution >= 4 is 17.7 Å². The van der Waals surface area contributed by atoms with Crippen molar-refractivity contribution in [3.05, 3.63) is 17.0 Å². The lowest BCUT2D eigenvalue weighted by atomic mass is 9.92. The second-order valence-electron chi connectivity index (χ2n) is 6.87. The van der Waals surface area contributed by atoms with Gasteiger partial charge in [0.1, 0.15) is 12.4 Å². The van der Waals surface area contributed by atoms with Crippen LogP contribution in [0.3, 0.4) is 0 Å². The van der Waals surface area contributed by atoms with Gasteiger partial charge in [0.25, 0.3) is 0 Å². The largest absolute Gasteiger partial charge is 0.367 e. The number of thioether (sulfide) groups is 1. The van der Waals surface area contributed by atoms with Gasteiger partial charge < -0.3 is 14.2 Å². The Hall–Kier alpha value is -1.05. The summed E-state index contributed by atoms with van der Waals surface area (Å²) in [5.74, 6) is 1.94. The quantitative estimate of drug-likeness (QED) is 0.809. The van der Waals surface area contributed by atoms with Crippen LogP contribution in [-0.2, 0) is 16.1 Å². The molecule has 3 heterocycles. The maximum absolute atomic E-state index is 11.6. The first-order valence-electron chi connectivity index (χ1n) is 7.98. The number of likely N-dealkylation sites (N-methyl/N-ethyl adjacent to an activating group) is 1. The smallest absolute Gasteiger partial charge is 0.248 e. The van der Waals surface area contributed by atoms with E-state index in [9.17, 15) is 4.79 Å². The molecule has 0 saturated carbocycles. The summed E-state index contributed by atoms with van der Waals surface area (Å²) in [5, 5.41) is 4.02. The summed E-state index contributed by atoms with van der Waals surface area (Å²) in [6.45, 7) is 7.22. The van der Waals surface area contributed by atoms with E-state index in [2.05, 4.69) is 10.1 Å². The fourth-order valence-corrected chi connectivity index (χ4v) is 4.88. The van der Waals surface area contributed by atoms with E-state index in [0.29, 0.717) is 4.75 Å². The molecule has 3 rings (SSSR count). The van der Waals surface area contributed by atoms with E-state index < -0.39 is 0 Å². The number of rotatable bonds is 5. The highest BCUT2D eigenvalue weighted by atomic mass is 32.2. The van der Waals surface area contributed by atoms with E-state index >= 15 is 0 Å². The SMILES string of the molecule is Cc1noc(C)c1CN1CC2(C[C@H](OCC(=O)N(C)C)CS2)C1. The predicted molar refractivity (Wildman–Crippen MR) is 89.5 cm³/mol. The van der Waals surface area contributed by atoms with Crippen LogP contribution < -0.4 is 0 Å². The van der Waals surface area contributed by atoms with E-state index in [1.54, 1.807) is 19.0 Å². The maximum Gasteiger partial charge on any atom is 0.248 e. The van der Waals surface area contributed by atoms with E-state index in [-0.39, 0.29) is 18.6 Å². The van der Waals surface area contributed by atoms with Gasteiger partial charge in [-0.05, 0) is 20.3 Å². The monoisotopic (exact) mass is 339 g/mol. The number of likely N-dealkylation sites (tertiary alicyclic amines) is 1. The van der Waals surface area contributed by atoms with Crippen LogP contribution in [0.15, 0.2) is 4.52 Å². The first kappa shape index (κ1) is 16.8. The van der Waals surface area contributed by atoms with Gasteiger partial charge >= 0.3 is 0 Å². The molecule has 2 fully saturated rings. The van der Waals surface area contributed by atoms with Gasteiger partial charge in [0, 0.05) is 49.8 Å². The Balaban J connectivity index is 1.45. The minimum Gasteiger partial charge on any atom is -0.367 e. The number of amides is 1. The summed E-state index contributed by atoms with van der Waals surface area (Å²) in [4.78, 5) is 15.6. The molecule has 0 bridgehead atoms. The molecule has 0 aliphatic carbocycles. The fourth-order valence-electron chi connectivity index (χ4n) is 3.28. The molecule has 0 N–H and O–H groups in total. The van der Waals surface area contributed by atoms with Crippen LogP contribution >= 0.6 is 11.8 Å². The molecule has 23 heavy (non-hydrogen) atoms. The van der Waals surface area contributed by atoms with Crippen LogP contribution in [0.5, 0.6) is 0 Å². The van der Waals surface area contributed by atoms with Crippen LogP contribution in [0.1, 0.15) is 23.4 Å². The maximum atomic E-state index is 11.6. The zero-order chi connectivity index (χ0) is 16.6. The molecule has 1 aromatic rings. The third-order valence-corrected chi connectivity index (χ3v) is 6.28. The molecule has 1 spiro atoms. The molecular formula is C16H25N3O3S. The second kappa shape index (κ2) is 6.45. The third kappa shape index (κ3) is 3.56. The molecule has 0 unspecified atom stereocenters. The Morgan fingerprint density at radius 1 is 1.48 bits per heavy atom. The zero-order valence-electron chi connectivity index (χ0n) is 14.3. The molecule has 6 nitrogen and oxygen atoms in total. The Labute approximate surface area is 141 Å². The molecule has 7 heteroatoms. The Bertz CT molecular complexity index is 562. The van der Waals surface area contributed by atoms with Gasteiger partial charge in [0.15, 0.2) is 0 Å². The van der Waals surface area contributed by atoms with Gasteiger partial charge in [-0.3, -0.25) is 9.69 Å². The molecule has 1 aromatic heterocycles. The van der Waals surface area contributed by atoms with Crippen LogP contribution in [0.4, 0.5) is 0 Å². The molecule has 2 aliphatic rings. The summed E-state index contributed by atoms with van der Waals surface area (Å²) in [7, 11) is 3.52. The average Bonchev–Trinajstić information content (AvgIpc) is 3.03. The number of nitrogens with zero attached hydrogens (tertiary/aromatic N) is 3. The summed E-state index contributed by atoms with van der Waals surface area (Å²) in [6, 6.07) is 0. The highest BCUT2D eigenvalue weighted by Gasteiger charge is 2.49. The highest BCUT2D eigenvalue weighted by molar-refractivity contribution is 8.01. The standard InChI is InChI=1S/C16H25N3O3S/c1-11-14(12(2)22-17-11)6-19-9-16(10-19)5-13(8-23-16)21-7-15(20)18(3)4/h13H,5-10H2,1-4H3/t13-/m0/s1. The summed E-state index contributed by atoms with van der Waals surface area (Å²) >= 11 is 1.99. The topological polar surface area (TPSA) is 58.8 Å². The van der Waals surface area contributed by atoms with E-state index in [1.165, 1.54) is 5.56 Å². The van der Waals surface area contributed by atoms with Gasteiger partial charge in [-0.2, -0.15) is 0 Å². The van der Waals surface area contributed by atoms with Crippen LogP contribution in [0.25, 0.3) is 0 Å². The van der Waals surface area contributed by atoms with Crippen molar-refractivity contribution in [2.24, 2.45) is 0 Å². The Kier molecular flexibility index (Phi) is 4.71. The van der Waals surface area contributed by atoms with E-state index in [0.717, 1.165) is 43.3 Å². The number of aryl methyl sites for hydroxylation is 2. The minimum atomic E-state index is 0.0320. The van der Waals surface area contributed by atoms with Gasteiger partial charge in [-0.15, -0.1) is 11.8 Å². The van der Waals surface area contributed by atoms with Crippen molar-refractivity contribution in [3.8, 4) is 0 Å². The van der Waals surface area contributed by atoms with E-state index in [4.69, 9.17) is 9.26 Å². The lowest BCUT2D eigenvalue weighted by Crippen LogP contribution is -2.58. The predicted octanol–water partition coefficient (Wildman–Crippen LogP) is 1.46. The number of hydrogen-bond donors (Lipinski definition) is 0. The molecular weight excluding hydrogens is 314 g/mol. The number of aromatic nitrogens is 1. The second-order valence-corrected chi connectivity index (χ2v) is 8.36. The van der Waals surface area contributed by atoms with Gasteiger partial charge in [-0.1, -0.05) is 5.16 Å². The third-order valence-electron chi connectivity index (χ3n) is 4.70. The molecule has 1 amide bonds. The molecule has 2 aliphatic heterocycles. The molecule has 0 aromatic carbocycles. The number of carbonyl (C=O) groups excluding carboxylic acids is 1. The zero-order valence-corrected chi connectivity index (χ0v) is 15.1. The van der Waals surface area contributed by atoms with Gasteiger partial charge in [-0.25, -0.2) is 0 Å². The van der Waals surface area contributed by atoms with Crippen molar-refractivity contribution in [1.82, 2.24) is 15.0 Å². The average molecular weight is 339 g/mol. The molecule has 1 atom stereocenters. The number of carbonyl (C=O) groups is 1. The Morgan fingerprint density at radius 3 is 2.83 bits per heavy atom.